The zero-order valence-electron chi connectivity index (χ0n) is 14.3. The summed E-state index contributed by atoms with van der Waals surface area (Å²) < 4.78 is 55.2. The summed E-state index contributed by atoms with van der Waals surface area (Å²) in [6.45, 7) is 5.52. The molecule has 0 aliphatic carbocycles. The smallest absolute Gasteiger partial charge is 0.286 e. The second kappa shape index (κ2) is 7.45. The molecule has 0 radical (unpaired) electrons. The molecule has 0 aliphatic rings. The van der Waals surface area contributed by atoms with Gasteiger partial charge in [-0.15, -0.1) is 0 Å². The second-order valence-corrected chi connectivity index (χ2v) is 10.6. The van der Waals surface area contributed by atoms with Gasteiger partial charge in [0, 0.05) is 18.8 Å². The first kappa shape index (κ1) is 19.3. The fourth-order valence-corrected chi connectivity index (χ4v) is 6.04. The molecule has 8 heteroatoms. The monoisotopic (exact) mass is 383 g/mol. The van der Waals surface area contributed by atoms with Crippen LogP contribution < -0.4 is 9.64 Å². The predicted octanol–water partition coefficient (Wildman–Crippen LogP) is 2.70. The van der Waals surface area contributed by atoms with Gasteiger partial charge in [0.15, 0.2) is 0 Å². The molecule has 136 valence electrons. The van der Waals surface area contributed by atoms with Gasteiger partial charge < -0.3 is 9.64 Å². The Labute approximate surface area is 148 Å². The number of nitrogens with zero attached hydrogens (tertiary/aromatic N) is 1. The fourth-order valence-electron chi connectivity index (χ4n) is 2.41. The van der Waals surface area contributed by atoms with Crippen LogP contribution in [0.1, 0.15) is 13.8 Å². The SMILES string of the molecule is CCN(CC)c1ccc(S(=O)(=O)S(=O)(=O)c2ccc(OC)cc2)cc1. The minimum absolute atomic E-state index is 0.251. The lowest BCUT2D eigenvalue weighted by atomic mass is 10.3. The van der Waals surface area contributed by atoms with E-state index >= 15 is 0 Å². The third-order valence-corrected chi connectivity index (χ3v) is 9.06. The average Bonchev–Trinajstić information content (AvgIpc) is 2.63. The third kappa shape index (κ3) is 3.64. The maximum Gasteiger partial charge on any atom is 0.286 e. The summed E-state index contributed by atoms with van der Waals surface area (Å²) in [5.41, 5.74) is 0.839. The fraction of sp³-hybridized carbons (Fsp3) is 0.294. The minimum Gasteiger partial charge on any atom is -0.497 e. The van der Waals surface area contributed by atoms with Crippen molar-refractivity contribution in [1.82, 2.24) is 0 Å². The molecule has 0 aromatic heterocycles. The van der Waals surface area contributed by atoms with Crippen molar-refractivity contribution in [3.05, 3.63) is 48.5 Å². The lowest BCUT2D eigenvalue weighted by Gasteiger charge is -2.21. The Hall–Kier alpha value is -2.06. The molecule has 0 unspecified atom stereocenters. The molecule has 0 saturated carbocycles. The molecule has 2 aromatic carbocycles. The molecule has 2 rings (SSSR count). The average molecular weight is 383 g/mol. The number of methoxy groups -OCH3 is 1. The third-order valence-electron chi connectivity index (χ3n) is 3.89. The summed E-state index contributed by atoms with van der Waals surface area (Å²) >= 11 is 0. The van der Waals surface area contributed by atoms with Gasteiger partial charge in [0.05, 0.1) is 16.9 Å². The molecule has 0 saturated heterocycles. The van der Waals surface area contributed by atoms with Crippen LogP contribution in [0.25, 0.3) is 0 Å². The van der Waals surface area contributed by atoms with Gasteiger partial charge >= 0.3 is 0 Å². The van der Waals surface area contributed by atoms with Crippen LogP contribution in [-0.2, 0) is 17.7 Å². The lowest BCUT2D eigenvalue weighted by Crippen LogP contribution is -2.22. The highest BCUT2D eigenvalue weighted by Gasteiger charge is 2.33. The van der Waals surface area contributed by atoms with Gasteiger partial charge in [0.1, 0.15) is 5.75 Å². The number of anilines is 1. The molecule has 0 heterocycles. The zero-order valence-corrected chi connectivity index (χ0v) is 16.0. The normalized spacial score (nSPS) is 12.0. The highest BCUT2D eigenvalue weighted by atomic mass is 33.2. The van der Waals surface area contributed by atoms with Gasteiger partial charge in [0.2, 0.25) is 0 Å². The van der Waals surface area contributed by atoms with Crippen LogP contribution >= 0.6 is 0 Å². The largest absolute Gasteiger partial charge is 0.497 e. The zero-order chi connectivity index (χ0) is 18.7. The Morgan fingerprint density at radius 1 is 0.760 bits per heavy atom. The molecule has 0 spiro atoms. The summed E-state index contributed by atoms with van der Waals surface area (Å²) in [7, 11) is -7.67. The Morgan fingerprint density at radius 3 is 1.52 bits per heavy atom. The van der Waals surface area contributed by atoms with E-state index < -0.39 is 17.7 Å². The Kier molecular flexibility index (Phi) is 5.74. The Morgan fingerprint density at radius 2 is 1.16 bits per heavy atom. The molecule has 6 nitrogen and oxygen atoms in total. The van der Waals surface area contributed by atoms with Crippen molar-refractivity contribution in [2.75, 3.05) is 25.1 Å². The summed E-state index contributed by atoms with van der Waals surface area (Å²) in [6, 6.07) is 11.1. The van der Waals surface area contributed by atoms with E-state index in [1.165, 1.54) is 43.5 Å². The van der Waals surface area contributed by atoms with E-state index in [9.17, 15) is 16.8 Å². The molecule has 0 aliphatic heterocycles. The molecular formula is C17H21NO5S2. The Bertz CT molecular complexity index is 914. The molecular weight excluding hydrogens is 362 g/mol. The summed E-state index contributed by atoms with van der Waals surface area (Å²) in [6.07, 6.45) is 0. The van der Waals surface area contributed by atoms with Gasteiger partial charge in [-0.2, -0.15) is 0 Å². The molecule has 0 N–H and O–H groups in total. The van der Waals surface area contributed by atoms with Crippen molar-refractivity contribution < 1.29 is 21.6 Å². The lowest BCUT2D eigenvalue weighted by molar-refractivity contribution is 0.414. The van der Waals surface area contributed by atoms with Crippen LogP contribution in [-0.4, -0.2) is 37.0 Å². The summed E-state index contributed by atoms with van der Waals surface area (Å²) in [5, 5.41) is 0. The van der Waals surface area contributed by atoms with Gasteiger partial charge in [-0.05, 0) is 62.4 Å². The maximum absolute atomic E-state index is 12.6. The van der Waals surface area contributed by atoms with E-state index in [1.54, 1.807) is 12.1 Å². The quantitative estimate of drug-likeness (QED) is 0.684. The van der Waals surface area contributed by atoms with E-state index in [0.717, 1.165) is 18.8 Å². The van der Waals surface area contributed by atoms with Crippen molar-refractivity contribution >= 4 is 23.4 Å². The first-order valence-electron chi connectivity index (χ1n) is 7.77. The molecule has 0 atom stereocenters. The van der Waals surface area contributed by atoms with Crippen molar-refractivity contribution in [2.45, 2.75) is 23.6 Å². The van der Waals surface area contributed by atoms with Gasteiger partial charge in [0.25, 0.3) is 17.7 Å². The predicted molar refractivity (Wildman–Crippen MR) is 97.4 cm³/mol. The van der Waals surface area contributed by atoms with Gasteiger partial charge in [-0.25, -0.2) is 16.8 Å². The van der Waals surface area contributed by atoms with Crippen molar-refractivity contribution in [2.24, 2.45) is 0 Å². The van der Waals surface area contributed by atoms with Crippen LogP contribution in [0, 0.1) is 0 Å². The topological polar surface area (TPSA) is 80.8 Å². The first-order valence-corrected chi connectivity index (χ1v) is 11.3. The number of ether oxygens (including phenoxy) is 1. The number of hydrogen-bond donors (Lipinski definition) is 0. The summed E-state index contributed by atoms with van der Waals surface area (Å²) in [4.78, 5) is 1.49. The Balaban J connectivity index is 2.42. The molecule has 25 heavy (non-hydrogen) atoms. The van der Waals surface area contributed by atoms with E-state index in [4.69, 9.17) is 4.74 Å². The van der Waals surface area contributed by atoms with Crippen LogP contribution in [0.4, 0.5) is 5.69 Å². The molecule has 2 aromatic rings. The van der Waals surface area contributed by atoms with Gasteiger partial charge in [-0.3, -0.25) is 0 Å². The molecule has 0 bridgehead atoms. The highest BCUT2D eigenvalue weighted by Crippen LogP contribution is 2.27. The van der Waals surface area contributed by atoms with E-state index in [0.29, 0.717) is 5.75 Å². The van der Waals surface area contributed by atoms with E-state index in [-0.39, 0.29) is 9.79 Å². The van der Waals surface area contributed by atoms with Crippen molar-refractivity contribution in [3.63, 3.8) is 0 Å². The van der Waals surface area contributed by atoms with Gasteiger partial charge in [-0.1, -0.05) is 0 Å². The van der Waals surface area contributed by atoms with Crippen molar-refractivity contribution in [1.29, 1.82) is 0 Å². The van der Waals surface area contributed by atoms with Crippen LogP contribution in [0.2, 0.25) is 0 Å². The molecule has 0 fully saturated rings. The van der Waals surface area contributed by atoms with Crippen LogP contribution in [0.3, 0.4) is 0 Å². The number of hydrogen-bond acceptors (Lipinski definition) is 6. The number of rotatable bonds is 7. The van der Waals surface area contributed by atoms with Crippen molar-refractivity contribution in [3.8, 4) is 5.75 Å². The van der Waals surface area contributed by atoms with E-state index in [2.05, 4.69) is 0 Å². The first-order chi connectivity index (χ1) is 11.8. The summed E-state index contributed by atoms with van der Waals surface area (Å²) in [5.74, 6) is 0.444. The minimum atomic E-state index is -4.56. The van der Waals surface area contributed by atoms with Crippen LogP contribution in [0.15, 0.2) is 58.3 Å². The highest BCUT2D eigenvalue weighted by molar-refractivity contribution is 8.67. The standard InChI is InChI=1S/C17H21NO5S2/c1-4-18(5-2)14-6-10-16(11-7-14)24(19,20)25(21,22)17-12-8-15(23-3)9-13-17/h6-13H,4-5H2,1-3H3. The van der Waals surface area contributed by atoms with E-state index in [1.807, 2.05) is 18.7 Å². The maximum atomic E-state index is 12.6. The molecule has 0 amide bonds. The van der Waals surface area contributed by atoms with Crippen LogP contribution in [0.5, 0.6) is 5.75 Å². The second-order valence-electron chi connectivity index (χ2n) is 5.25. The number of benzene rings is 2.